The molecule has 0 bridgehead atoms. The van der Waals surface area contributed by atoms with Gasteiger partial charge in [-0.05, 0) is 84.5 Å². The van der Waals surface area contributed by atoms with Gasteiger partial charge in [0.15, 0.2) is 0 Å². The first kappa shape index (κ1) is 23.4. The van der Waals surface area contributed by atoms with Gasteiger partial charge in [-0.3, -0.25) is 0 Å². The SMILES string of the molecule is O=C(O)c1ccc(S(=O)(=O)c2ccc3c(c2)C[C@@H](NC[C@@H](O)c2cccc(Cl)c2)CC3)cc1. The van der Waals surface area contributed by atoms with Crippen LogP contribution in [0.4, 0.5) is 0 Å². The maximum atomic E-state index is 13.1. The summed E-state index contributed by atoms with van der Waals surface area (Å²) < 4.78 is 26.1. The van der Waals surface area contributed by atoms with Gasteiger partial charge < -0.3 is 15.5 Å². The van der Waals surface area contributed by atoms with Gasteiger partial charge in [-0.15, -0.1) is 0 Å². The minimum atomic E-state index is -3.76. The van der Waals surface area contributed by atoms with Crippen LogP contribution in [0.15, 0.2) is 76.5 Å². The minimum absolute atomic E-state index is 0.0354. The van der Waals surface area contributed by atoms with Crippen LogP contribution in [0.3, 0.4) is 0 Å². The number of halogens is 1. The van der Waals surface area contributed by atoms with E-state index >= 15 is 0 Å². The van der Waals surface area contributed by atoms with Crippen LogP contribution in [0.5, 0.6) is 0 Å². The number of sulfone groups is 1. The van der Waals surface area contributed by atoms with Gasteiger partial charge >= 0.3 is 5.97 Å². The lowest BCUT2D eigenvalue weighted by Crippen LogP contribution is -2.37. The monoisotopic (exact) mass is 485 g/mol. The standard InChI is InChI=1S/C25H24ClNO5S/c26-20-3-1-2-18(12-20)24(28)15-27-21-8-4-16-5-11-23(14-19(16)13-21)33(31,32)22-9-6-17(7-10-22)25(29)30/h1-3,5-7,9-12,14,21,24,27-28H,4,8,13,15H2,(H,29,30)/t21-,24+/m0/s1. The normalized spacial score (nSPS) is 16.7. The lowest BCUT2D eigenvalue weighted by Gasteiger charge is -2.27. The molecule has 0 aromatic heterocycles. The minimum Gasteiger partial charge on any atom is -0.478 e. The van der Waals surface area contributed by atoms with E-state index in [0.717, 1.165) is 29.5 Å². The van der Waals surface area contributed by atoms with E-state index in [9.17, 15) is 18.3 Å². The van der Waals surface area contributed by atoms with Crippen molar-refractivity contribution in [3.63, 3.8) is 0 Å². The summed E-state index contributed by atoms with van der Waals surface area (Å²) in [4.78, 5) is 11.3. The molecule has 0 spiro atoms. The second-order valence-corrected chi connectivity index (χ2v) is 10.6. The molecule has 3 aromatic rings. The van der Waals surface area contributed by atoms with Crippen molar-refractivity contribution < 1.29 is 23.4 Å². The number of hydrogen-bond donors (Lipinski definition) is 3. The van der Waals surface area contributed by atoms with Crippen LogP contribution in [0, 0.1) is 0 Å². The molecule has 172 valence electrons. The van der Waals surface area contributed by atoms with E-state index in [4.69, 9.17) is 16.7 Å². The number of carboxylic acids is 1. The third-order valence-corrected chi connectivity index (χ3v) is 7.96. The number of aliphatic hydroxyl groups excluding tert-OH is 1. The molecule has 33 heavy (non-hydrogen) atoms. The highest BCUT2D eigenvalue weighted by Gasteiger charge is 2.24. The molecule has 6 nitrogen and oxygen atoms in total. The Morgan fingerprint density at radius 2 is 1.76 bits per heavy atom. The Labute approximate surface area is 197 Å². The van der Waals surface area contributed by atoms with Gasteiger partial charge in [0.05, 0.1) is 21.5 Å². The lowest BCUT2D eigenvalue weighted by atomic mass is 9.88. The fourth-order valence-corrected chi connectivity index (χ4v) is 5.61. The van der Waals surface area contributed by atoms with Gasteiger partial charge in [0.2, 0.25) is 9.84 Å². The van der Waals surface area contributed by atoms with Gasteiger partial charge in [-0.25, -0.2) is 13.2 Å². The second kappa shape index (κ2) is 9.65. The zero-order valence-corrected chi connectivity index (χ0v) is 19.3. The number of aryl methyl sites for hydroxylation is 1. The summed E-state index contributed by atoms with van der Waals surface area (Å²) in [7, 11) is -3.76. The molecule has 1 aliphatic carbocycles. The molecule has 0 fully saturated rings. The van der Waals surface area contributed by atoms with Crippen molar-refractivity contribution in [2.45, 2.75) is 41.2 Å². The summed E-state index contributed by atoms with van der Waals surface area (Å²) in [6.07, 6.45) is 1.66. The number of carbonyl (C=O) groups is 1. The van der Waals surface area contributed by atoms with E-state index in [0.29, 0.717) is 18.0 Å². The number of fused-ring (bicyclic) bond motifs is 1. The predicted octanol–water partition coefficient (Wildman–Crippen LogP) is 4.05. The van der Waals surface area contributed by atoms with E-state index in [1.54, 1.807) is 30.3 Å². The highest BCUT2D eigenvalue weighted by Crippen LogP contribution is 2.28. The van der Waals surface area contributed by atoms with Gasteiger partial charge in [0, 0.05) is 17.6 Å². The molecule has 1 aliphatic rings. The summed E-state index contributed by atoms with van der Waals surface area (Å²) in [5, 5.41) is 23.5. The Kier molecular flexibility index (Phi) is 6.86. The average molecular weight is 486 g/mol. The fourth-order valence-electron chi connectivity index (χ4n) is 4.10. The van der Waals surface area contributed by atoms with Crippen molar-refractivity contribution in [2.24, 2.45) is 0 Å². The first-order valence-corrected chi connectivity index (χ1v) is 12.5. The number of hydrogen-bond acceptors (Lipinski definition) is 5. The number of carboxylic acid groups (broad SMARTS) is 1. The van der Waals surface area contributed by atoms with Crippen molar-refractivity contribution in [1.29, 1.82) is 0 Å². The number of rotatable bonds is 7. The lowest BCUT2D eigenvalue weighted by molar-refractivity contribution is 0.0696. The van der Waals surface area contributed by atoms with E-state index in [-0.39, 0.29) is 21.4 Å². The summed E-state index contributed by atoms with van der Waals surface area (Å²) >= 11 is 6.00. The number of aliphatic hydroxyl groups is 1. The molecule has 0 saturated carbocycles. The van der Waals surface area contributed by atoms with Crippen LogP contribution >= 0.6 is 11.6 Å². The van der Waals surface area contributed by atoms with Crippen molar-refractivity contribution in [3.8, 4) is 0 Å². The van der Waals surface area contributed by atoms with E-state index in [1.165, 1.54) is 24.3 Å². The van der Waals surface area contributed by atoms with E-state index in [2.05, 4.69) is 5.32 Å². The molecular weight excluding hydrogens is 462 g/mol. The largest absolute Gasteiger partial charge is 0.478 e. The Morgan fingerprint density at radius 1 is 1.03 bits per heavy atom. The highest BCUT2D eigenvalue weighted by molar-refractivity contribution is 7.91. The highest BCUT2D eigenvalue weighted by atomic mass is 35.5. The van der Waals surface area contributed by atoms with Crippen LogP contribution in [0.2, 0.25) is 5.02 Å². The van der Waals surface area contributed by atoms with Crippen LogP contribution in [0.25, 0.3) is 0 Å². The van der Waals surface area contributed by atoms with Crippen LogP contribution in [-0.4, -0.2) is 37.2 Å². The molecule has 0 heterocycles. The molecular formula is C25H24ClNO5S. The van der Waals surface area contributed by atoms with Gasteiger partial charge in [-0.2, -0.15) is 0 Å². The first-order chi connectivity index (χ1) is 15.7. The molecule has 8 heteroatoms. The van der Waals surface area contributed by atoms with E-state index < -0.39 is 21.9 Å². The molecule has 0 aliphatic heterocycles. The number of nitrogens with one attached hydrogen (secondary N) is 1. The molecule has 3 aromatic carbocycles. The summed E-state index contributed by atoms with van der Waals surface area (Å²) in [5.41, 5.74) is 2.85. The Bertz CT molecular complexity index is 1270. The van der Waals surface area contributed by atoms with Crippen LogP contribution < -0.4 is 5.32 Å². The molecule has 2 atom stereocenters. The Balaban J connectivity index is 1.47. The van der Waals surface area contributed by atoms with E-state index in [1.807, 2.05) is 12.1 Å². The summed E-state index contributed by atoms with van der Waals surface area (Å²) in [5.74, 6) is -1.10. The van der Waals surface area contributed by atoms with Gasteiger partial charge in [0.1, 0.15) is 0 Å². The van der Waals surface area contributed by atoms with Crippen LogP contribution in [-0.2, 0) is 22.7 Å². The van der Waals surface area contributed by atoms with Gasteiger partial charge in [0.25, 0.3) is 0 Å². The summed E-state index contributed by atoms with van der Waals surface area (Å²) in [6, 6.07) is 17.6. The summed E-state index contributed by atoms with van der Waals surface area (Å²) in [6.45, 7) is 0.369. The fraction of sp³-hybridized carbons (Fsp3) is 0.240. The maximum Gasteiger partial charge on any atom is 0.335 e. The quantitative estimate of drug-likeness (QED) is 0.466. The molecule has 0 unspecified atom stereocenters. The first-order valence-electron chi connectivity index (χ1n) is 10.6. The van der Waals surface area contributed by atoms with Crippen molar-refractivity contribution in [3.05, 3.63) is 94.0 Å². The number of aromatic carboxylic acids is 1. The molecule has 4 rings (SSSR count). The van der Waals surface area contributed by atoms with Gasteiger partial charge in [-0.1, -0.05) is 29.8 Å². The van der Waals surface area contributed by atoms with Crippen molar-refractivity contribution in [2.75, 3.05) is 6.54 Å². The third-order valence-electron chi connectivity index (χ3n) is 5.96. The zero-order chi connectivity index (χ0) is 23.6. The topological polar surface area (TPSA) is 104 Å². The Morgan fingerprint density at radius 3 is 2.45 bits per heavy atom. The Hall–Kier alpha value is -2.71. The smallest absolute Gasteiger partial charge is 0.335 e. The molecule has 0 saturated heterocycles. The molecule has 0 amide bonds. The maximum absolute atomic E-state index is 13.1. The average Bonchev–Trinajstić information content (AvgIpc) is 2.82. The molecule has 3 N–H and O–H groups in total. The second-order valence-electron chi connectivity index (χ2n) is 8.18. The predicted molar refractivity (Wildman–Crippen MR) is 126 cm³/mol. The van der Waals surface area contributed by atoms with Crippen molar-refractivity contribution in [1.82, 2.24) is 5.32 Å². The van der Waals surface area contributed by atoms with Crippen LogP contribution in [0.1, 0.15) is 39.6 Å². The zero-order valence-electron chi connectivity index (χ0n) is 17.7. The van der Waals surface area contributed by atoms with Crippen molar-refractivity contribution >= 4 is 27.4 Å². The molecule has 0 radical (unpaired) electrons. The number of benzene rings is 3. The third kappa shape index (κ3) is 5.28.